The first-order valence-corrected chi connectivity index (χ1v) is 15.0. The molecule has 1 fully saturated rings. The summed E-state index contributed by atoms with van der Waals surface area (Å²) in [7, 11) is 0. The molecule has 0 saturated carbocycles. The molecule has 230 valence electrons. The van der Waals surface area contributed by atoms with Crippen molar-refractivity contribution in [3.63, 3.8) is 0 Å². The standard InChI is InChI=1S/C37H40O7/c1-37(2)43-27-33(44-37)35(41-25-30-19-11-5-12-20-30)34(40-24-29-17-9-4-10-18-29)32(39-23-28-15-7-3-8-16-28)26-42-36(38)31-21-13-6-14-22-31/h3-22,32-35H,23-27H2,1-2H3/t32-,33+,34+,35-/m0/s1. The SMILES string of the molecule is CC1(C)OC[C@H]([C@H](OCc2ccccc2)[C@H](OCc2ccccc2)[C@H](COC(=O)c2ccccc2)OCc2ccccc2)O1. The lowest BCUT2D eigenvalue weighted by Gasteiger charge is -2.36. The predicted octanol–water partition coefficient (Wildman–Crippen LogP) is 6.75. The molecule has 0 aliphatic carbocycles. The first-order chi connectivity index (χ1) is 21.5. The zero-order chi connectivity index (χ0) is 30.6. The molecule has 0 spiro atoms. The van der Waals surface area contributed by atoms with E-state index >= 15 is 0 Å². The summed E-state index contributed by atoms with van der Waals surface area (Å²) in [6.45, 7) is 4.93. The van der Waals surface area contributed by atoms with Gasteiger partial charge in [-0.15, -0.1) is 0 Å². The molecule has 7 nitrogen and oxygen atoms in total. The lowest BCUT2D eigenvalue weighted by atomic mass is 10.0. The van der Waals surface area contributed by atoms with Gasteiger partial charge in [0.25, 0.3) is 0 Å². The van der Waals surface area contributed by atoms with Gasteiger partial charge in [-0.3, -0.25) is 0 Å². The van der Waals surface area contributed by atoms with Gasteiger partial charge >= 0.3 is 5.97 Å². The Morgan fingerprint density at radius 1 is 0.705 bits per heavy atom. The third-order valence-corrected chi connectivity index (χ3v) is 7.35. The Balaban J connectivity index is 1.45. The molecular weight excluding hydrogens is 556 g/mol. The van der Waals surface area contributed by atoms with E-state index in [0.29, 0.717) is 32.0 Å². The largest absolute Gasteiger partial charge is 0.459 e. The van der Waals surface area contributed by atoms with E-state index in [1.807, 2.05) is 111 Å². The van der Waals surface area contributed by atoms with Gasteiger partial charge < -0.3 is 28.4 Å². The smallest absolute Gasteiger partial charge is 0.338 e. The minimum absolute atomic E-state index is 0.0534. The van der Waals surface area contributed by atoms with E-state index in [0.717, 1.165) is 16.7 Å². The first-order valence-electron chi connectivity index (χ1n) is 15.0. The quantitative estimate of drug-likeness (QED) is 0.141. The molecule has 5 rings (SSSR count). The number of carbonyl (C=O) groups excluding carboxylic acids is 1. The second-order valence-electron chi connectivity index (χ2n) is 11.2. The van der Waals surface area contributed by atoms with Crippen molar-refractivity contribution >= 4 is 5.97 Å². The Hall–Kier alpha value is -3.85. The van der Waals surface area contributed by atoms with Crippen LogP contribution >= 0.6 is 0 Å². The fourth-order valence-electron chi connectivity index (χ4n) is 5.07. The van der Waals surface area contributed by atoms with E-state index < -0.39 is 36.2 Å². The molecule has 7 heteroatoms. The number of hydrogen-bond donors (Lipinski definition) is 0. The molecule has 0 aromatic heterocycles. The molecule has 0 amide bonds. The lowest BCUT2D eigenvalue weighted by Crippen LogP contribution is -2.51. The van der Waals surface area contributed by atoms with E-state index in [1.165, 1.54) is 0 Å². The van der Waals surface area contributed by atoms with Crippen LogP contribution in [0.4, 0.5) is 0 Å². The summed E-state index contributed by atoms with van der Waals surface area (Å²) < 4.78 is 38.0. The van der Waals surface area contributed by atoms with Gasteiger partial charge in [-0.05, 0) is 42.7 Å². The maximum atomic E-state index is 13.1. The monoisotopic (exact) mass is 596 g/mol. The highest BCUT2D eigenvalue weighted by molar-refractivity contribution is 5.89. The van der Waals surface area contributed by atoms with Gasteiger partial charge in [-0.2, -0.15) is 0 Å². The summed E-state index contributed by atoms with van der Waals surface area (Å²) in [6.07, 6.45) is -2.45. The minimum Gasteiger partial charge on any atom is -0.459 e. The van der Waals surface area contributed by atoms with Crippen LogP contribution in [0.3, 0.4) is 0 Å². The van der Waals surface area contributed by atoms with E-state index in [9.17, 15) is 4.79 Å². The molecule has 0 N–H and O–H groups in total. The Morgan fingerprint density at radius 3 is 1.68 bits per heavy atom. The molecule has 0 unspecified atom stereocenters. The number of rotatable bonds is 15. The highest BCUT2D eigenvalue weighted by atomic mass is 16.8. The van der Waals surface area contributed by atoms with E-state index in [2.05, 4.69) is 0 Å². The zero-order valence-corrected chi connectivity index (χ0v) is 25.2. The number of hydrogen-bond acceptors (Lipinski definition) is 7. The van der Waals surface area contributed by atoms with Crippen LogP contribution in [0.15, 0.2) is 121 Å². The van der Waals surface area contributed by atoms with Crippen molar-refractivity contribution in [2.45, 2.75) is 63.9 Å². The second kappa shape index (κ2) is 15.7. The molecule has 1 aliphatic rings. The van der Waals surface area contributed by atoms with E-state index in [-0.39, 0.29) is 6.61 Å². The Bertz CT molecular complexity index is 1400. The van der Waals surface area contributed by atoms with Gasteiger partial charge in [0, 0.05) is 0 Å². The summed E-state index contributed by atoms with van der Waals surface area (Å²) in [5.41, 5.74) is 3.44. The van der Waals surface area contributed by atoms with Gasteiger partial charge in [0.2, 0.25) is 0 Å². The summed E-state index contributed by atoms with van der Waals surface area (Å²) in [4.78, 5) is 13.1. The molecule has 44 heavy (non-hydrogen) atoms. The summed E-state index contributed by atoms with van der Waals surface area (Å²) in [5.74, 6) is -1.23. The normalized spacial score (nSPS) is 17.9. The van der Waals surface area contributed by atoms with Gasteiger partial charge in [0.05, 0.1) is 32.0 Å². The molecule has 1 heterocycles. The van der Waals surface area contributed by atoms with Crippen LogP contribution in [-0.2, 0) is 48.2 Å². The van der Waals surface area contributed by atoms with E-state index in [4.69, 9.17) is 28.4 Å². The van der Waals surface area contributed by atoms with Gasteiger partial charge in [-0.25, -0.2) is 4.79 Å². The predicted molar refractivity (Wildman–Crippen MR) is 167 cm³/mol. The van der Waals surface area contributed by atoms with Crippen molar-refractivity contribution in [1.82, 2.24) is 0 Å². The number of ether oxygens (including phenoxy) is 6. The highest BCUT2D eigenvalue weighted by Crippen LogP contribution is 2.30. The summed E-state index contributed by atoms with van der Waals surface area (Å²) >= 11 is 0. The first kappa shape index (κ1) is 31.6. The van der Waals surface area contributed by atoms with Crippen LogP contribution in [0.5, 0.6) is 0 Å². The van der Waals surface area contributed by atoms with Gasteiger partial charge in [0.1, 0.15) is 31.0 Å². The zero-order valence-electron chi connectivity index (χ0n) is 25.2. The molecule has 4 aromatic carbocycles. The van der Waals surface area contributed by atoms with Crippen LogP contribution in [0.25, 0.3) is 0 Å². The maximum Gasteiger partial charge on any atom is 0.338 e. The number of benzene rings is 4. The third kappa shape index (κ3) is 9.32. The fourth-order valence-corrected chi connectivity index (χ4v) is 5.07. The van der Waals surface area contributed by atoms with E-state index in [1.54, 1.807) is 24.3 Å². The molecule has 4 aromatic rings. The molecule has 1 saturated heterocycles. The Morgan fingerprint density at radius 2 is 1.18 bits per heavy atom. The molecule has 4 atom stereocenters. The van der Waals surface area contributed by atoms with Crippen molar-refractivity contribution in [1.29, 1.82) is 0 Å². The lowest BCUT2D eigenvalue weighted by molar-refractivity contribution is -0.205. The minimum atomic E-state index is -0.789. The van der Waals surface area contributed by atoms with Crippen molar-refractivity contribution < 1.29 is 33.2 Å². The van der Waals surface area contributed by atoms with Crippen LogP contribution in [-0.4, -0.2) is 49.4 Å². The number of carbonyl (C=O) groups is 1. The summed E-state index contributed by atoms with van der Waals surface area (Å²) in [6, 6.07) is 38.6. The number of esters is 1. The molecule has 1 aliphatic heterocycles. The maximum absolute atomic E-state index is 13.1. The van der Waals surface area contributed by atoms with Crippen molar-refractivity contribution in [3.05, 3.63) is 144 Å². The van der Waals surface area contributed by atoms with Crippen molar-refractivity contribution in [2.24, 2.45) is 0 Å². The average Bonchev–Trinajstić information content (AvgIpc) is 3.43. The van der Waals surface area contributed by atoms with Crippen molar-refractivity contribution in [2.75, 3.05) is 13.2 Å². The Labute approximate surface area is 259 Å². The van der Waals surface area contributed by atoms with Crippen LogP contribution in [0, 0.1) is 0 Å². The molecular formula is C37H40O7. The van der Waals surface area contributed by atoms with Crippen LogP contribution in [0.1, 0.15) is 40.9 Å². The average molecular weight is 597 g/mol. The van der Waals surface area contributed by atoms with Crippen molar-refractivity contribution in [3.8, 4) is 0 Å². The fraction of sp³-hybridized carbons (Fsp3) is 0.324. The highest BCUT2D eigenvalue weighted by Gasteiger charge is 2.45. The third-order valence-electron chi connectivity index (χ3n) is 7.35. The van der Waals surface area contributed by atoms with Crippen LogP contribution in [0.2, 0.25) is 0 Å². The molecule has 0 radical (unpaired) electrons. The van der Waals surface area contributed by atoms with Gasteiger partial charge in [-0.1, -0.05) is 109 Å². The molecule has 0 bridgehead atoms. The van der Waals surface area contributed by atoms with Crippen LogP contribution < -0.4 is 0 Å². The van der Waals surface area contributed by atoms with Gasteiger partial charge in [0.15, 0.2) is 5.79 Å². The Kier molecular flexibility index (Phi) is 11.3. The summed E-state index contributed by atoms with van der Waals surface area (Å²) in [5, 5.41) is 0. The topological polar surface area (TPSA) is 72.5 Å². The second-order valence-corrected chi connectivity index (χ2v) is 11.2.